The molecule has 0 bridgehead atoms. The van der Waals surface area contributed by atoms with Crippen molar-refractivity contribution in [3.8, 4) is 0 Å². The third-order valence-electron chi connectivity index (χ3n) is 5.03. The van der Waals surface area contributed by atoms with Crippen molar-refractivity contribution in [2.75, 3.05) is 25.5 Å². The fourth-order valence-corrected chi connectivity index (χ4v) is 3.29. The second-order valence-electron chi connectivity index (χ2n) is 7.24. The predicted molar refractivity (Wildman–Crippen MR) is 120 cm³/mol. The molecule has 0 atom stereocenters. The van der Waals surface area contributed by atoms with Crippen molar-refractivity contribution in [3.05, 3.63) is 65.9 Å². The molecule has 3 N–H and O–H groups in total. The van der Waals surface area contributed by atoms with E-state index in [1.807, 2.05) is 48.5 Å². The number of methoxy groups -OCH3 is 1. The number of ketones is 1. The van der Waals surface area contributed by atoms with Crippen molar-refractivity contribution >= 4 is 34.3 Å². The number of ether oxygens (including phenoxy) is 1. The SMILES string of the molecule is COC(=O)CCc1ccc(NC(=O)CCNCCC(=O)c2c[nH]c3ccccc23)cc1. The number of carbonyl (C=O) groups is 3. The highest BCUT2D eigenvalue weighted by molar-refractivity contribution is 6.07. The van der Waals surface area contributed by atoms with Gasteiger partial charge in [-0.3, -0.25) is 14.4 Å². The topological polar surface area (TPSA) is 100 Å². The monoisotopic (exact) mass is 421 g/mol. The minimum absolute atomic E-state index is 0.0710. The van der Waals surface area contributed by atoms with Crippen LogP contribution in [0.5, 0.6) is 0 Å². The third kappa shape index (κ3) is 6.52. The first-order valence-electron chi connectivity index (χ1n) is 10.3. The maximum atomic E-state index is 12.4. The summed E-state index contributed by atoms with van der Waals surface area (Å²) in [7, 11) is 1.37. The van der Waals surface area contributed by atoms with Gasteiger partial charge in [-0.15, -0.1) is 0 Å². The molecule has 3 rings (SSSR count). The number of hydrogen-bond acceptors (Lipinski definition) is 5. The van der Waals surface area contributed by atoms with Gasteiger partial charge in [-0.1, -0.05) is 30.3 Å². The zero-order valence-corrected chi connectivity index (χ0v) is 17.6. The number of benzene rings is 2. The number of rotatable bonds is 11. The first-order valence-corrected chi connectivity index (χ1v) is 10.3. The molecule has 0 aliphatic rings. The van der Waals surface area contributed by atoms with Gasteiger partial charge in [-0.25, -0.2) is 0 Å². The second kappa shape index (κ2) is 11.1. The Labute approximate surface area is 181 Å². The summed E-state index contributed by atoms with van der Waals surface area (Å²) in [5, 5.41) is 6.93. The van der Waals surface area contributed by atoms with E-state index in [0.29, 0.717) is 50.0 Å². The van der Waals surface area contributed by atoms with Crippen LogP contribution in [-0.2, 0) is 20.7 Å². The van der Waals surface area contributed by atoms with E-state index in [0.717, 1.165) is 16.5 Å². The van der Waals surface area contributed by atoms with Gasteiger partial charge in [0.25, 0.3) is 0 Å². The Balaban J connectivity index is 1.34. The van der Waals surface area contributed by atoms with Gasteiger partial charge in [0.1, 0.15) is 0 Å². The maximum Gasteiger partial charge on any atom is 0.305 e. The van der Waals surface area contributed by atoms with Crippen molar-refractivity contribution in [1.29, 1.82) is 0 Å². The van der Waals surface area contributed by atoms with Crippen LogP contribution < -0.4 is 10.6 Å². The van der Waals surface area contributed by atoms with Gasteiger partial charge < -0.3 is 20.4 Å². The number of anilines is 1. The molecule has 7 heteroatoms. The van der Waals surface area contributed by atoms with Crippen molar-refractivity contribution in [3.63, 3.8) is 0 Å². The average molecular weight is 421 g/mol. The fraction of sp³-hybridized carbons (Fsp3) is 0.292. The first-order chi connectivity index (χ1) is 15.1. The Hall–Kier alpha value is -3.45. The molecule has 0 radical (unpaired) electrons. The van der Waals surface area contributed by atoms with E-state index in [2.05, 4.69) is 20.4 Å². The van der Waals surface area contributed by atoms with Crippen LogP contribution in [0.3, 0.4) is 0 Å². The number of hydrogen-bond donors (Lipinski definition) is 3. The van der Waals surface area contributed by atoms with Crippen molar-refractivity contribution in [1.82, 2.24) is 10.3 Å². The van der Waals surface area contributed by atoms with E-state index in [9.17, 15) is 14.4 Å². The molecule has 2 aromatic carbocycles. The van der Waals surface area contributed by atoms with E-state index < -0.39 is 0 Å². The quantitative estimate of drug-likeness (QED) is 0.250. The smallest absolute Gasteiger partial charge is 0.305 e. The lowest BCUT2D eigenvalue weighted by Gasteiger charge is -2.07. The Morgan fingerprint density at radius 2 is 1.68 bits per heavy atom. The van der Waals surface area contributed by atoms with E-state index >= 15 is 0 Å². The normalized spacial score (nSPS) is 10.7. The van der Waals surface area contributed by atoms with Gasteiger partial charge in [-0.05, 0) is 30.2 Å². The molecule has 1 aromatic heterocycles. The summed E-state index contributed by atoms with van der Waals surface area (Å²) in [6.45, 7) is 1.00. The summed E-state index contributed by atoms with van der Waals surface area (Å²) in [6, 6.07) is 15.1. The Morgan fingerprint density at radius 3 is 2.45 bits per heavy atom. The van der Waals surface area contributed by atoms with Gasteiger partial charge in [-0.2, -0.15) is 0 Å². The van der Waals surface area contributed by atoms with Crippen LogP contribution in [0, 0.1) is 0 Å². The van der Waals surface area contributed by atoms with Crippen LogP contribution in [-0.4, -0.2) is 42.8 Å². The van der Waals surface area contributed by atoms with Crippen molar-refractivity contribution in [2.45, 2.75) is 25.7 Å². The number of amides is 1. The molecule has 0 fully saturated rings. The van der Waals surface area contributed by atoms with Crippen LogP contribution in [0.15, 0.2) is 54.7 Å². The molecule has 0 saturated heterocycles. The lowest BCUT2D eigenvalue weighted by Crippen LogP contribution is -2.24. The molecule has 7 nitrogen and oxygen atoms in total. The number of esters is 1. The number of carbonyl (C=O) groups excluding carboxylic acids is 3. The zero-order chi connectivity index (χ0) is 22.1. The molecule has 162 valence electrons. The number of para-hydroxylation sites is 1. The summed E-state index contributed by atoms with van der Waals surface area (Å²) in [5.41, 5.74) is 3.36. The lowest BCUT2D eigenvalue weighted by molar-refractivity contribution is -0.140. The molecule has 1 heterocycles. The Morgan fingerprint density at radius 1 is 0.935 bits per heavy atom. The number of H-pyrrole nitrogens is 1. The molecule has 1 amide bonds. The predicted octanol–water partition coefficient (Wildman–Crippen LogP) is 3.46. The van der Waals surface area contributed by atoms with Gasteiger partial charge >= 0.3 is 5.97 Å². The number of Topliss-reactive ketones (excluding diaryl/α,β-unsaturated/α-hetero) is 1. The van der Waals surface area contributed by atoms with Crippen LogP contribution in [0.25, 0.3) is 10.9 Å². The molecule has 0 unspecified atom stereocenters. The fourth-order valence-electron chi connectivity index (χ4n) is 3.29. The van der Waals surface area contributed by atoms with Crippen LogP contribution in [0.1, 0.15) is 35.2 Å². The van der Waals surface area contributed by atoms with Gasteiger partial charge in [0.05, 0.1) is 7.11 Å². The number of aromatic amines is 1. The number of aryl methyl sites for hydroxylation is 1. The summed E-state index contributed by atoms with van der Waals surface area (Å²) < 4.78 is 4.63. The van der Waals surface area contributed by atoms with Gasteiger partial charge in [0, 0.05) is 60.7 Å². The molecule has 0 aliphatic carbocycles. The minimum Gasteiger partial charge on any atom is -0.469 e. The van der Waals surface area contributed by atoms with Crippen LogP contribution in [0.4, 0.5) is 5.69 Å². The largest absolute Gasteiger partial charge is 0.469 e. The third-order valence-corrected chi connectivity index (χ3v) is 5.03. The first kappa shape index (κ1) is 22.2. The van der Waals surface area contributed by atoms with Crippen LogP contribution >= 0.6 is 0 Å². The standard InChI is InChI=1S/C24H27N3O4/c1-31-24(30)11-8-17-6-9-18(10-7-17)27-23(29)13-15-25-14-12-22(28)20-16-26-21-5-3-2-4-19(20)21/h2-7,9-10,16,25-26H,8,11-15H2,1H3,(H,27,29). The Kier molecular flexibility index (Phi) is 7.95. The summed E-state index contributed by atoms with van der Waals surface area (Å²) in [6.07, 6.45) is 3.36. The highest BCUT2D eigenvalue weighted by Gasteiger charge is 2.11. The molecule has 31 heavy (non-hydrogen) atoms. The van der Waals surface area contributed by atoms with Crippen molar-refractivity contribution in [2.24, 2.45) is 0 Å². The van der Waals surface area contributed by atoms with Crippen molar-refractivity contribution < 1.29 is 19.1 Å². The minimum atomic E-state index is -0.243. The van der Waals surface area contributed by atoms with Gasteiger partial charge in [0.2, 0.25) is 5.91 Å². The molecule has 0 spiro atoms. The van der Waals surface area contributed by atoms with Crippen LogP contribution in [0.2, 0.25) is 0 Å². The van der Waals surface area contributed by atoms with Gasteiger partial charge in [0.15, 0.2) is 5.78 Å². The zero-order valence-electron chi connectivity index (χ0n) is 17.6. The van der Waals surface area contributed by atoms with E-state index in [1.54, 1.807) is 6.20 Å². The second-order valence-corrected chi connectivity index (χ2v) is 7.24. The van der Waals surface area contributed by atoms with E-state index in [1.165, 1.54) is 7.11 Å². The molecule has 3 aromatic rings. The lowest BCUT2D eigenvalue weighted by atomic mass is 10.1. The van der Waals surface area contributed by atoms with E-state index in [-0.39, 0.29) is 17.7 Å². The molecule has 0 saturated carbocycles. The summed E-state index contributed by atoms with van der Waals surface area (Å²) >= 11 is 0. The summed E-state index contributed by atoms with van der Waals surface area (Å²) in [5.74, 6) is -0.271. The maximum absolute atomic E-state index is 12.4. The number of fused-ring (bicyclic) bond motifs is 1. The van der Waals surface area contributed by atoms with E-state index in [4.69, 9.17) is 0 Å². The molecular formula is C24H27N3O4. The molecular weight excluding hydrogens is 394 g/mol. The highest BCUT2D eigenvalue weighted by atomic mass is 16.5. The Bertz CT molecular complexity index is 1040. The number of nitrogens with one attached hydrogen (secondary N) is 3. The molecule has 0 aliphatic heterocycles. The number of aromatic nitrogens is 1. The summed E-state index contributed by atoms with van der Waals surface area (Å²) in [4.78, 5) is 38.8. The average Bonchev–Trinajstić information content (AvgIpc) is 3.22. The highest BCUT2D eigenvalue weighted by Crippen LogP contribution is 2.18.